The summed E-state index contributed by atoms with van der Waals surface area (Å²) in [6, 6.07) is 19.4. The molecular formula is C19H24N2OPPr-. The monoisotopic (exact) mass is 468 g/mol. The Bertz CT molecular complexity index is 601. The topological polar surface area (TPSA) is 32.3 Å². The SMILES string of the molecule is O=P(N[CH-]CN1CCCCC1)(c1ccccc1)c1ccccc1.[Pr]. The predicted octanol–water partition coefficient (Wildman–Crippen LogP) is 3.15. The molecule has 0 amide bonds. The van der Waals surface area contributed by atoms with Crippen LogP contribution in [-0.4, -0.2) is 24.5 Å². The summed E-state index contributed by atoms with van der Waals surface area (Å²) in [6.07, 6.45) is 3.86. The maximum Gasteiger partial charge on any atom is 0.177 e. The molecule has 0 unspecified atom stereocenters. The first-order valence-corrected chi connectivity index (χ1v) is 10.0. The normalized spacial score (nSPS) is 15.7. The predicted molar refractivity (Wildman–Crippen MR) is 97.5 cm³/mol. The van der Waals surface area contributed by atoms with E-state index in [-0.39, 0.29) is 41.3 Å². The van der Waals surface area contributed by atoms with E-state index in [1.807, 2.05) is 67.2 Å². The van der Waals surface area contributed by atoms with Gasteiger partial charge in [0, 0.05) is 51.9 Å². The molecule has 0 aliphatic carbocycles. The van der Waals surface area contributed by atoms with Crippen LogP contribution >= 0.6 is 7.29 Å². The maximum atomic E-state index is 13.7. The van der Waals surface area contributed by atoms with Gasteiger partial charge in [-0.1, -0.05) is 42.8 Å². The third kappa shape index (κ3) is 5.22. The van der Waals surface area contributed by atoms with Gasteiger partial charge in [-0.05, 0) is 50.2 Å². The summed E-state index contributed by atoms with van der Waals surface area (Å²) < 4.78 is 13.7. The van der Waals surface area contributed by atoms with E-state index in [2.05, 4.69) is 9.99 Å². The van der Waals surface area contributed by atoms with Gasteiger partial charge in [-0.3, -0.25) is 4.57 Å². The zero-order chi connectivity index (χ0) is 16.0. The van der Waals surface area contributed by atoms with E-state index in [1.54, 1.807) is 0 Å². The van der Waals surface area contributed by atoms with Crippen LogP contribution in [0.3, 0.4) is 0 Å². The number of rotatable bonds is 6. The molecule has 2 aromatic rings. The quantitative estimate of drug-likeness (QED) is 0.523. The molecule has 0 bridgehead atoms. The number of nitrogens with one attached hydrogen (secondary N) is 1. The summed E-state index contributed by atoms with van der Waals surface area (Å²) >= 11 is 0. The number of likely N-dealkylation sites (tertiary alicyclic amines) is 1. The molecule has 0 aromatic heterocycles. The Morgan fingerprint density at radius 2 is 1.38 bits per heavy atom. The summed E-state index contributed by atoms with van der Waals surface area (Å²) in [5, 5.41) is 4.96. The van der Waals surface area contributed by atoms with E-state index in [1.165, 1.54) is 19.3 Å². The van der Waals surface area contributed by atoms with Gasteiger partial charge < -0.3 is 9.99 Å². The molecule has 1 heterocycles. The van der Waals surface area contributed by atoms with E-state index in [0.29, 0.717) is 0 Å². The van der Waals surface area contributed by atoms with E-state index in [0.717, 1.165) is 30.2 Å². The summed E-state index contributed by atoms with van der Waals surface area (Å²) in [7, 11) is -2.82. The van der Waals surface area contributed by atoms with Crippen LogP contribution < -0.4 is 15.7 Å². The Morgan fingerprint density at radius 1 is 0.875 bits per heavy atom. The maximum absolute atomic E-state index is 13.7. The smallest absolute Gasteiger partial charge is 0.177 e. The Kier molecular flexibility index (Phi) is 8.60. The van der Waals surface area contributed by atoms with Crippen molar-refractivity contribution >= 4 is 17.9 Å². The molecule has 3 rings (SSSR count). The molecule has 3 nitrogen and oxygen atoms in total. The Hall–Kier alpha value is -0.0464. The first-order valence-electron chi connectivity index (χ1n) is 8.32. The summed E-state index contributed by atoms with van der Waals surface area (Å²) in [4.78, 5) is 2.41. The molecule has 24 heavy (non-hydrogen) atoms. The van der Waals surface area contributed by atoms with Crippen LogP contribution in [0.25, 0.3) is 0 Å². The molecule has 2 aromatic carbocycles. The Balaban J connectivity index is 0.00000208. The minimum atomic E-state index is -2.82. The standard InChI is InChI=1S/C19H24N2OP.Pr/c22-23(18-10-4-1-5-11-18,19-12-6-2-7-13-19)20-14-17-21-15-8-3-9-16-21;/h1-2,4-7,10-14H,3,8-9,15-17H2,(H,20,22);/q-1;. The van der Waals surface area contributed by atoms with Gasteiger partial charge in [0.05, 0.1) is 0 Å². The molecule has 1 fully saturated rings. The zero-order valence-corrected chi connectivity index (χ0v) is 18.6. The second-order valence-corrected chi connectivity index (χ2v) is 8.48. The van der Waals surface area contributed by atoms with E-state index in [4.69, 9.17) is 0 Å². The zero-order valence-electron chi connectivity index (χ0n) is 14.0. The fourth-order valence-corrected chi connectivity index (χ4v) is 5.13. The Labute approximate surface area is 178 Å². The average Bonchev–Trinajstić information content (AvgIpc) is 2.64. The molecule has 1 N–H and O–H groups in total. The van der Waals surface area contributed by atoms with Gasteiger partial charge in [0.1, 0.15) is 0 Å². The van der Waals surface area contributed by atoms with Crippen LogP contribution in [0.2, 0.25) is 0 Å². The number of nitrogens with zero attached hydrogens (tertiary/aromatic N) is 1. The summed E-state index contributed by atoms with van der Waals surface area (Å²) in [6.45, 7) is 5.09. The molecule has 5 heteroatoms. The van der Waals surface area contributed by atoms with Gasteiger partial charge >= 0.3 is 0 Å². The molecule has 1 radical (unpaired) electrons. The fraction of sp³-hybridized carbons (Fsp3) is 0.316. The van der Waals surface area contributed by atoms with E-state index >= 15 is 0 Å². The van der Waals surface area contributed by atoms with Crippen LogP contribution in [0.15, 0.2) is 60.7 Å². The molecule has 0 atom stereocenters. The number of hydrogen-bond donors (Lipinski definition) is 1. The minimum absolute atomic E-state index is 0. The van der Waals surface area contributed by atoms with Crippen molar-refractivity contribution in [2.75, 3.05) is 19.6 Å². The largest absolute Gasteiger partial charge is 0.410 e. The van der Waals surface area contributed by atoms with Crippen LogP contribution in [0.4, 0.5) is 0 Å². The van der Waals surface area contributed by atoms with Gasteiger partial charge in [-0.25, -0.2) is 6.54 Å². The fourth-order valence-electron chi connectivity index (χ4n) is 3.01. The van der Waals surface area contributed by atoms with Gasteiger partial charge in [-0.2, -0.15) is 0 Å². The third-order valence-corrected chi connectivity index (χ3v) is 6.91. The summed E-state index contributed by atoms with van der Waals surface area (Å²) in [5.74, 6) is 0. The van der Waals surface area contributed by atoms with Gasteiger partial charge in [0.25, 0.3) is 0 Å². The third-order valence-electron chi connectivity index (χ3n) is 4.31. The second kappa shape index (κ2) is 10.2. The van der Waals surface area contributed by atoms with Gasteiger partial charge in [0.15, 0.2) is 7.29 Å². The summed E-state index contributed by atoms with van der Waals surface area (Å²) in [5.41, 5.74) is 0. The second-order valence-electron chi connectivity index (χ2n) is 5.97. The van der Waals surface area contributed by atoms with Gasteiger partial charge in [0.2, 0.25) is 0 Å². The Morgan fingerprint density at radius 3 is 1.88 bits per heavy atom. The van der Waals surface area contributed by atoms with Crippen molar-refractivity contribution in [3.05, 3.63) is 67.2 Å². The number of piperidine rings is 1. The minimum Gasteiger partial charge on any atom is -0.410 e. The van der Waals surface area contributed by atoms with Crippen molar-refractivity contribution in [3.8, 4) is 0 Å². The molecule has 0 spiro atoms. The van der Waals surface area contributed by atoms with Crippen molar-refractivity contribution < 1.29 is 45.9 Å². The average molecular weight is 468 g/mol. The van der Waals surface area contributed by atoms with Crippen LogP contribution in [-0.2, 0) is 4.57 Å². The molecule has 1 aliphatic heterocycles. The van der Waals surface area contributed by atoms with Crippen molar-refractivity contribution in [2.24, 2.45) is 0 Å². The van der Waals surface area contributed by atoms with E-state index in [9.17, 15) is 4.57 Å². The van der Waals surface area contributed by atoms with Crippen molar-refractivity contribution in [1.82, 2.24) is 9.99 Å². The van der Waals surface area contributed by atoms with Crippen molar-refractivity contribution in [2.45, 2.75) is 19.3 Å². The van der Waals surface area contributed by atoms with Crippen molar-refractivity contribution in [3.63, 3.8) is 0 Å². The van der Waals surface area contributed by atoms with E-state index < -0.39 is 7.29 Å². The van der Waals surface area contributed by atoms with Crippen LogP contribution in [0.5, 0.6) is 0 Å². The molecule has 1 aliphatic rings. The number of hydrogen-bond acceptors (Lipinski definition) is 2. The first kappa shape index (κ1) is 20.3. The van der Waals surface area contributed by atoms with Crippen LogP contribution in [0, 0.1) is 47.8 Å². The molecule has 125 valence electrons. The number of benzene rings is 2. The van der Waals surface area contributed by atoms with Gasteiger partial charge in [-0.15, -0.1) is 6.54 Å². The van der Waals surface area contributed by atoms with Crippen LogP contribution in [0.1, 0.15) is 19.3 Å². The van der Waals surface area contributed by atoms with Crippen molar-refractivity contribution in [1.29, 1.82) is 0 Å². The molecule has 1 saturated heterocycles. The molecule has 0 saturated carbocycles. The first-order chi connectivity index (χ1) is 11.3. The molecular weight excluding hydrogens is 444 g/mol.